The Morgan fingerprint density at radius 2 is 2.07 bits per heavy atom. The second-order valence-corrected chi connectivity index (χ2v) is 3.98. The van der Waals surface area contributed by atoms with Crippen molar-refractivity contribution in [3.05, 3.63) is 11.9 Å². The Hall–Kier alpha value is -1.06. The van der Waals surface area contributed by atoms with Crippen LogP contribution in [0.15, 0.2) is 11.9 Å². The number of carbonyl (C=O) groups excluding carboxylic acids is 1. The van der Waals surface area contributed by atoms with Crippen molar-refractivity contribution in [3.63, 3.8) is 0 Å². The summed E-state index contributed by atoms with van der Waals surface area (Å²) in [6.07, 6.45) is 0.564. The van der Waals surface area contributed by atoms with E-state index in [1.807, 2.05) is 6.92 Å². The Kier molecular flexibility index (Phi) is 5.20. The summed E-state index contributed by atoms with van der Waals surface area (Å²) < 4.78 is 17.1. The van der Waals surface area contributed by atoms with Crippen molar-refractivity contribution in [1.29, 1.82) is 0 Å². The molecule has 0 saturated carbocycles. The third kappa shape index (κ3) is 6.46. The molecular formula is C10H18FNO2. The van der Waals surface area contributed by atoms with Crippen LogP contribution in [0, 0.1) is 0 Å². The standard InChI is InChI=1S/C10H18FNO2/c1-5-8(6-11)7-12-9(13)14-10(2,3)4/h6H,5,7H2,1-4H3,(H,12,13). The first-order chi connectivity index (χ1) is 6.39. The number of alkyl carbamates (subject to hydrolysis) is 1. The predicted octanol–water partition coefficient (Wildman–Crippen LogP) is 2.77. The highest BCUT2D eigenvalue weighted by Crippen LogP contribution is 2.06. The number of halogens is 1. The Morgan fingerprint density at radius 3 is 2.43 bits per heavy atom. The molecule has 4 heteroatoms. The maximum absolute atomic E-state index is 12.1. The number of nitrogens with one attached hydrogen (secondary N) is 1. The van der Waals surface area contributed by atoms with Gasteiger partial charge in [-0.2, -0.15) is 0 Å². The van der Waals surface area contributed by atoms with Gasteiger partial charge >= 0.3 is 6.09 Å². The number of rotatable bonds is 3. The first kappa shape index (κ1) is 12.9. The topological polar surface area (TPSA) is 38.3 Å². The van der Waals surface area contributed by atoms with Gasteiger partial charge in [-0.05, 0) is 32.8 Å². The van der Waals surface area contributed by atoms with E-state index in [0.717, 1.165) is 0 Å². The monoisotopic (exact) mass is 203 g/mol. The fourth-order valence-corrected chi connectivity index (χ4v) is 0.741. The molecule has 0 aliphatic heterocycles. The predicted molar refractivity (Wildman–Crippen MR) is 53.7 cm³/mol. The minimum atomic E-state index is -0.523. The van der Waals surface area contributed by atoms with Crippen molar-refractivity contribution in [1.82, 2.24) is 5.32 Å². The lowest BCUT2D eigenvalue weighted by Crippen LogP contribution is -2.33. The molecule has 0 spiro atoms. The number of ether oxygens (including phenoxy) is 1. The molecule has 0 aliphatic carbocycles. The van der Waals surface area contributed by atoms with Crippen LogP contribution in [0.4, 0.5) is 9.18 Å². The zero-order valence-electron chi connectivity index (χ0n) is 9.19. The number of hydrogen-bond acceptors (Lipinski definition) is 2. The first-order valence-corrected chi connectivity index (χ1v) is 4.64. The van der Waals surface area contributed by atoms with Crippen molar-refractivity contribution in [2.24, 2.45) is 0 Å². The summed E-state index contributed by atoms with van der Waals surface area (Å²) >= 11 is 0. The van der Waals surface area contributed by atoms with E-state index in [9.17, 15) is 9.18 Å². The molecule has 0 aromatic heterocycles. The number of amides is 1. The van der Waals surface area contributed by atoms with Crippen LogP contribution >= 0.6 is 0 Å². The summed E-state index contributed by atoms with van der Waals surface area (Å²) in [4.78, 5) is 11.1. The van der Waals surface area contributed by atoms with Gasteiger partial charge in [0.05, 0.1) is 6.33 Å². The molecule has 1 amide bonds. The average Bonchev–Trinajstić information content (AvgIpc) is 2.03. The van der Waals surface area contributed by atoms with Crippen molar-refractivity contribution in [3.8, 4) is 0 Å². The lowest BCUT2D eigenvalue weighted by atomic mass is 10.2. The van der Waals surface area contributed by atoms with Crippen LogP contribution in [-0.4, -0.2) is 18.2 Å². The van der Waals surface area contributed by atoms with Gasteiger partial charge in [0, 0.05) is 6.54 Å². The van der Waals surface area contributed by atoms with Crippen LogP contribution in [0.2, 0.25) is 0 Å². The minimum Gasteiger partial charge on any atom is -0.444 e. The van der Waals surface area contributed by atoms with E-state index >= 15 is 0 Å². The molecule has 0 aliphatic rings. The SMILES string of the molecule is CCC(=CF)CNC(=O)OC(C)(C)C. The van der Waals surface area contributed by atoms with Gasteiger partial charge in [0.25, 0.3) is 0 Å². The van der Waals surface area contributed by atoms with Gasteiger partial charge in [0.15, 0.2) is 0 Å². The van der Waals surface area contributed by atoms with Crippen LogP contribution in [0.5, 0.6) is 0 Å². The van der Waals surface area contributed by atoms with Crippen molar-refractivity contribution in [2.75, 3.05) is 6.54 Å². The summed E-state index contributed by atoms with van der Waals surface area (Å²) in [5.74, 6) is 0. The van der Waals surface area contributed by atoms with Gasteiger partial charge < -0.3 is 10.1 Å². The summed E-state index contributed by atoms with van der Waals surface area (Å²) in [6, 6.07) is 0. The third-order valence-corrected chi connectivity index (χ3v) is 1.47. The highest BCUT2D eigenvalue weighted by molar-refractivity contribution is 5.67. The van der Waals surface area contributed by atoms with E-state index in [4.69, 9.17) is 4.74 Å². The molecule has 0 atom stereocenters. The molecule has 0 fully saturated rings. The molecule has 0 bridgehead atoms. The zero-order chi connectivity index (χ0) is 11.2. The molecule has 14 heavy (non-hydrogen) atoms. The molecule has 3 nitrogen and oxygen atoms in total. The molecule has 0 heterocycles. The molecule has 0 aromatic rings. The van der Waals surface area contributed by atoms with Crippen LogP contribution in [-0.2, 0) is 4.74 Å². The molecule has 0 unspecified atom stereocenters. The second kappa shape index (κ2) is 5.62. The average molecular weight is 203 g/mol. The number of carbonyl (C=O) groups is 1. The third-order valence-electron chi connectivity index (χ3n) is 1.47. The molecule has 1 N–H and O–H groups in total. The van der Waals surface area contributed by atoms with Gasteiger partial charge in [-0.15, -0.1) is 0 Å². The van der Waals surface area contributed by atoms with Gasteiger partial charge in [0.2, 0.25) is 0 Å². The Balaban J connectivity index is 3.86. The quantitative estimate of drug-likeness (QED) is 0.766. The van der Waals surface area contributed by atoms with Crippen LogP contribution in [0.25, 0.3) is 0 Å². The Morgan fingerprint density at radius 1 is 1.50 bits per heavy atom. The smallest absolute Gasteiger partial charge is 0.407 e. The van der Waals surface area contributed by atoms with E-state index in [1.54, 1.807) is 20.8 Å². The van der Waals surface area contributed by atoms with E-state index in [2.05, 4.69) is 5.32 Å². The van der Waals surface area contributed by atoms with Crippen molar-refractivity contribution in [2.45, 2.75) is 39.7 Å². The lowest BCUT2D eigenvalue weighted by Gasteiger charge is -2.19. The van der Waals surface area contributed by atoms with Gasteiger partial charge in [-0.1, -0.05) is 6.92 Å². The fourth-order valence-electron chi connectivity index (χ4n) is 0.741. The largest absolute Gasteiger partial charge is 0.444 e. The zero-order valence-corrected chi connectivity index (χ0v) is 9.19. The van der Waals surface area contributed by atoms with Gasteiger partial charge in [0.1, 0.15) is 5.60 Å². The molecule has 82 valence electrons. The molecule has 0 aromatic carbocycles. The number of hydrogen-bond donors (Lipinski definition) is 1. The first-order valence-electron chi connectivity index (χ1n) is 4.64. The maximum Gasteiger partial charge on any atom is 0.407 e. The Labute approximate surface area is 84.3 Å². The summed E-state index contributed by atoms with van der Waals surface area (Å²) in [5, 5.41) is 2.47. The van der Waals surface area contributed by atoms with Gasteiger partial charge in [-0.25, -0.2) is 9.18 Å². The van der Waals surface area contributed by atoms with E-state index in [-0.39, 0.29) is 6.54 Å². The van der Waals surface area contributed by atoms with E-state index in [0.29, 0.717) is 18.3 Å². The molecule has 0 radical (unpaired) electrons. The van der Waals surface area contributed by atoms with Gasteiger partial charge in [-0.3, -0.25) is 0 Å². The van der Waals surface area contributed by atoms with Crippen molar-refractivity contribution < 1.29 is 13.9 Å². The lowest BCUT2D eigenvalue weighted by molar-refractivity contribution is 0.0532. The molecule has 0 rings (SSSR count). The van der Waals surface area contributed by atoms with Crippen molar-refractivity contribution >= 4 is 6.09 Å². The second-order valence-electron chi connectivity index (χ2n) is 3.98. The highest BCUT2D eigenvalue weighted by Gasteiger charge is 2.15. The maximum atomic E-state index is 12.1. The van der Waals surface area contributed by atoms with E-state index in [1.165, 1.54) is 0 Å². The van der Waals surface area contributed by atoms with Crippen LogP contribution in [0.3, 0.4) is 0 Å². The van der Waals surface area contributed by atoms with E-state index < -0.39 is 11.7 Å². The normalized spacial score (nSPS) is 12.5. The minimum absolute atomic E-state index is 0.196. The molecule has 0 saturated heterocycles. The highest BCUT2D eigenvalue weighted by atomic mass is 19.1. The Bertz CT molecular complexity index is 219. The summed E-state index contributed by atoms with van der Waals surface area (Å²) in [7, 11) is 0. The summed E-state index contributed by atoms with van der Waals surface area (Å²) in [5.41, 5.74) is 0.0199. The van der Waals surface area contributed by atoms with Crippen LogP contribution < -0.4 is 5.32 Å². The summed E-state index contributed by atoms with van der Waals surface area (Å²) in [6.45, 7) is 7.35. The molecular weight excluding hydrogens is 185 g/mol. The van der Waals surface area contributed by atoms with Crippen LogP contribution in [0.1, 0.15) is 34.1 Å². The fraction of sp³-hybridized carbons (Fsp3) is 0.700.